The summed E-state index contributed by atoms with van der Waals surface area (Å²) < 4.78 is 0. The van der Waals surface area contributed by atoms with Crippen molar-refractivity contribution in [2.45, 2.75) is 44.4 Å². The first-order chi connectivity index (χ1) is 7.76. The lowest BCUT2D eigenvalue weighted by Crippen LogP contribution is -2.09. The molecule has 0 N–H and O–H groups in total. The molecule has 2 rings (SSSR count). The van der Waals surface area contributed by atoms with E-state index in [1.807, 2.05) is 0 Å². The van der Waals surface area contributed by atoms with Gasteiger partial charge in [0.05, 0.1) is 0 Å². The average molecular weight is 281 g/mol. The van der Waals surface area contributed by atoms with Crippen LogP contribution in [-0.4, -0.2) is 0 Å². The first-order valence-corrected chi connectivity index (χ1v) is 7.39. The molecule has 0 aliphatic heterocycles. The van der Waals surface area contributed by atoms with E-state index >= 15 is 0 Å². The topological polar surface area (TPSA) is 0 Å². The van der Waals surface area contributed by atoms with Crippen LogP contribution in [0.2, 0.25) is 0 Å². The Morgan fingerprint density at radius 2 is 1.94 bits per heavy atom. The van der Waals surface area contributed by atoms with Crippen molar-refractivity contribution < 1.29 is 0 Å². The van der Waals surface area contributed by atoms with Crippen molar-refractivity contribution in [3.8, 4) is 0 Å². The van der Waals surface area contributed by atoms with E-state index in [0.29, 0.717) is 4.83 Å². The number of fused-ring (bicyclic) bond motifs is 1. The van der Waals surface area contributed by atoms with E-state index in [0.717, 1.165) is 11.8 Å². The molecule has 1 aromatic carbocycles. The van der Waals surface area contributed by atoms with Crippen LogP contribution in [0.3, 0.4) is 0 Å². The van der Waals surface area contributed by atoms with Crippen LogP contribution in [0, 0.1) is 11.8 Å². The molecule has 88 valence electrons. The van der Waals surface area contributed by atoms with E-state index in [1.54, 1.807) is 5.56 Å². The fourth-order valence-corrected chi connectivity index (χ4v) is 3.73. The highest BCUT2D eigenvalue weighted by molar-refractivity contribution is 9.09. The molecule has 0 amide bonds. The monoisotopic (exact) mass is 280 g/mol. The molecule has 1 heteroatoms. The van der Waals surface area contributed by atoms with Gasteiger partial charge in [-0.25, -0.2) is 0 Å². The van der Waals surface area contributed by atoms with Gasteiger partial charge in [0.25, 0.3) is 0 Å². The quantitative estimate of drug-likeness (QED) is 0.672. The normalized spacial score (nSPS) is 23.8. The number of hydrogen-bond donors (Lipinski definition) is 0. The van der Waals surface area contributed by atoms with Gasteiger partial charge in [-0.2, -0.15) is 0 Å². The number of halogens is 1. The summed E-state index contributed by atoms with van der Waals surface area (Å²) in [6.45, 7) is 4.64. The second-order valence-electron chi connectivity index (χ2n) is 4.98. The van der Waals surface area contributed by atoms with Gasteiger partial charge in [-0.05, 0) is 35.8 Å². The van der Waals surface area contributed by atoms with Gasteiger partial charge in [0.15, 0.2) is 0 Å². The highest BCUT2D eigenvalue weighted by Gasteiger charge is 2.31. The highest BCUT2D eigenvalue weighted by atomic mass is 79.9. The predicted molar refractivity (Wildman–Crippen MR) is 74.0 cm³/mol. The Kier molecular flexibility index (Phi) is 4.07. The first kappa shape index (κ1) is 12.2. The Bertz CT molecular complexity index is 341. The molecule has 2 atom stereocenters. The maximum Gasteiger partial charge on any atom is 0.0429 e. The van der Waals surface area contributed by atoms with E-state index in [4.69, 9.17) is 0 Å². The fraction of sp³-hybridized carbons (Fsp3) is 0.600. The zero-order chi connectivity index (χ0) is 11.5. The lowest BCUT2D eigenvalue weighted by atomic mass is 9.89. The number of hydrogen-bond acceptors (Lipinski definition) is 0. The predicted octanol–water partition coefficient (Wildman–Crippen LogP) is 5.12. The van der Waals surface area contributed by atoms with Crippen molar-refractivity contribution in [1.29, 1.82) is 0 Å². The van der Waals surface area contributed by atoms with Crippen LogP contribution in [0.4, 0.5) is 0 Å². The zero-order valence-corrected chi connectivity index (χ0v) is 11.8. The standard InChI is InChI=1S/C15H21Br/c1-3-11(4-2)9-13-10-12-7-5-6-8-14(12)15(13)16/h5-8,11,13,15H,3-4,9-10H2,1-2H3. The van der Waals surface area contributed by atoms with Gasteiger partial charge in [0.1, 0.15) is 0 Å². The largest absolute Gasteiger partial charge is 0.0836 e. The van der Waals surface area contributed by atoms with Crippen LogP contribution in [0.5, 0.6) is 0 Å². The molecule has 0 spiro atoms. The van der Waals surface area contributed by atoms with Crippen LogP contribution >= 0.6 is 15.9 Å². The van der Waals surface area contributed by atoms with Gasteiger partial charge >= 0.3 is 0 Å². The third kappa shape index (κ3) is 2.34. The molecule has 1 aliphatic carbocycles. The second-order valence-corrected chi connectivity index (χ2v) is 5.97. The second kappa shape index (κ2) is 5.35. The van der Waals surface area contributed by atoms with Crippen LogP contribution in [0.25, 0.3) is 0 Å². The minimum Gasteiger partial charge on any atom is -0.0836 e. The molecule has 2 unspecified atom stereocenters. The van der Waals surface area contributed by atoms with E-state index in [-0.39, 0.29) is 0 Å². The summed E-state index contributed by atoms with van der Waals surface area (Å²) in [7, 11) is 0. The van der Waals surface area contributed by atoms with Crippen molar-refractivity contribution >= 4 is 15.9 Å². The smallest absolute Gasteiger partial charge is 0.0429 e. The lowest BCUT2D eigenvalue weighted by Gasteiger charge is -2.20. The zero-order valence-electron chi connectivity index (χ0n) is 10.2. The van der Waals surface area contributed by atoms with Crippen molar-refractivity contribution in [2.75, 3.05) is 0 Å². The Balaban J connectivity index is 2.06. The van der Waals surface area contributed by atoms with Crippen LogP contribution < -0.4 is 0 Å². The summed E-state index contributed by atoms with van der Waals surface area (Å²) in [5, 5.41) is 0. The van der Waals surface area contributed by atoms with Crippen molar-refractivity contribution in [2.24, 2.45) is 11.8 Å². The molecule has 0 fully saturated rings. The van der Waals surface area contributed by atoms with Gasteiger partial charge < -0.3 is 0 Å². The summed E-state index contributed by atoms with van der Waals surface area (Å²) in [5.74, 6) is 1.71. The maximum atomic E-state index is 3.89. The Morgan fingerprint density at radius 3 is 2.56 bits per heavy atom. The molecule has 0 aromatic heterocycles. The van der Waals surface area contributed by atoms with Crippen molar-refractivity contribution in [1.82, 2.24) is 0 Å². The summed E-state index contributed by atoms with van der Waals surface area (Å²) in [5.41, 5.74) is 3.08. The van der Waals surface area contributed by atoms with E-state index in [1.165, 1.54) is 31.2 Å². The highest BCUT2D eigenvalue weighted by Crippen LogP contribution is 2.45. The molecule has 0 heterocycles. The Labute approximate surface area is 108 Å². The molecule has 0 bridgehead atoms. The van der Waals surface area contributed by atoms with Gasteiger partial charge in [-0.15, -0.1) is 0 Å². The summed E-state index contributed by atoms with van der Waals surface area (Å²) in [6, 6.07) is 8.89. The molecule has 1 aromatic rings. The molecular formula is C15H21Br. The SMILES string of the molecule is CCC(CC)CC1Cc2ccccc2C1Br. The third-order valence-corrected chi connectivity index (χ3v) is 5.28. The lowest BCUT2D eigenvalue weighted by molar-refractivity contribution is 0.361. The minimum absolute atomic E-state index is 0.587. The molecular weight excluding hydrogens is 260 g/mol. The minimum atomic E-state index is 0.587. The van der Waals surface area contributed by atoms with Gasteiger partial charge in [0.2, 0.25) is 0 Å². The van der Waals surface area contributed by atoms with Gasteiger partial charge in [0, 0.05) is 4.83 Å². The van der Waals surface area contributed by atoms with Crippen LogP contribution in [-0.2, 0) is 6.42 Å². The Morgan fingerprint density at radius 1 is 1.25 bits per heavy atom. The molecule has 16 heavy (non-hydrogen) atoms. The maximum absolute atomic E-state index is 3.89. The fourth-order valence-electron chi connectivity index (χ4n) is 2.88. The van der Waals surface area contributed by atoms with Crippen LogP contribution in [0.15, 0.2) is 24.3 Å². The van der Waals surface area contributed by atoms with Crippen LogP contribution in [0.1, 0.15) is 49.1 Å². The van der Waals surface area contributed by atoms with E-state index in [2.05, 4.69) is 54.0 Å². The number of rotatable bonds is 4. The molecule has 0 nitrogen and oxygen atoms in total. The van der Waals surface area contributed by atoms with Crippen molar-refractivity contribution in [3.05, 3.63) is 35.4 Å². The summed E-state index contributed by atoms with van der Waals surface area (Å²) in [6.07, 6.45) is 5.28. The van der Waals surface area contributed by atoms with Gasteiger partial charge in [-0.1, -0.05) is 66.9 Å². The van der Waals surface area contributed by atoms with Gasteiger partial charge in [-0.3, -0.25) is 0 Å². The number of benzene rings is 1. The molecule has 0 radical (unpaired) electrons. The van der Waals surface area contributed by atoms with E-state index in [9.17, 15) is 0 Å². The molecule has 1 aliphatic rings. The third-order valence-electron chi connectivity index (χ3n) is 4.04. The first-order valence-electron chi connectivity index (χ1n) is 6.48. The van der Waals surface area contributed by atoms with Crippen molar-refractivity contribution in [3.63, 3.8) is 0 Å². The molecule has 0 saturated heterocycles. The summed E-state index contributed by atoms with van der Waals surface area (Å²) >= 11 is 3.89. The Hall–Kier alpha value is -0.300. The molecule has 0 saturated carbocycles. The average Bonchev–Trinajstić information content (AvgIpc) is 2.64. The number of alkyl halides is 1. The summed E-state index contributed by atoms with van der Waals surface area (Å²) in [4.78, 5) is 0.587. The van der Waals surface area contributed by atoms with E-state index < -0.39 is 0 Å².